The monoisotopic (exact) mass is 876 g/mol. The SMILES string of the molecule is C[C@@]1(Cc2ccc(Br)cc2)C(=O)N(c2cc(Cl)cc(Cl)c2)c2ncc(S(=O)(=O)N3CCC(O)(P(=O)(O)O)CC3)n21.[W]. The van der Waals surface area contributed by atoms with Crippen LogP contribution in [0.1, 0.15) is 25.3 Å². The third kappa shape index (κ3) is 5.76. The van der Waals surface area contributed by atoms with E-state index in [1.54, 1.807) is 6.92 Å². The molecule has 0 spiro atoms. The Morgan fingerprint density at radius 3 is 2.17 bits per heavy atom. The summed E-state index contributed by atoms with van der Waals surface area (Å²) in [5, 5.41) is 8.37. The predicted octanol–water partition coefficient (Wildman–Crippen LogP) is 4.24. The summed E-state index contributed by atoms with van der Waals surface area (Å²) in [6.07, 6.45) is 0.354. The van der Waals surface area contributed by atoms with E-state index in [-0.39, 0.29) is 61.6 Å². The fourth-order valence-electron chi connectivity index (χ4n) is 5.12. The topological polar surface area (TPSA) is 153 Å². The number of halogens is 3. The van der Waals surface area contributed by atoms with Crippen LogP contribution in [0.4, 0.5) is 11.6 Å². The normalized spacial score (nSPS) is 21.0. The Morgan fingerprint density at radius 1 is 1.07 bits per heavy atom. The Kier molecular flexibility index (Phi) is 9.14. The number of sulfonamides is 1. The molecular formula is C24H24BrCl2N4O7PSW. The number of anilines is 2. The summed E-state index contributed by atoms with van der Waals surface area (Å²) in [7, 11) is -9.21. The van der Waals surface area contributed by atoms with E-state index < -0.39 is 47.2 Å². The van der Waals surface area contributed by atoms with E-state index in [0.29, 0.717) is 5.69 Å². The minimum Gasteiger partial charge on any atom is -0.377 e. The van der Waals surface area contributed by atoms with Gasteiger partial charge in [-0.15, -0.1) is 0 Å². The van der Waals surface area contributed by atoms with E-state index in [0.717, 1.165) is 20.5 Å². The van der Waals surface area contributed by atoms with Crippen LogP contribution in [0, 0.1) is 0 Å². The van der Waals surface area contributed by atoms with Gasteiger partial charge in [0.25, 0.3) is 15.9 Å². The second-order valence-electron chi connectivity index (χ2n) is 10.0. The van der Waals surface area contributed by atoms with E-state index in [9.17, 15) is 32.7 Å². The van der Waals surface area contributed by atoms with Crippen LogP contribution in [0.2, 0.25) is 10.0 Å². The maximum atomic E-state index is 14.1. The molecule has 0 radical (unpaired) electrons. The van der Waals surface area contributed by atoms with Gasteiger partial charge in [-0.3, -0.25) is 13.9 Å². The molecule has 220 valence electrons. The van der Waals surface area contributed by atoms with Crippen LogP contribution in [0.5, 0.6) is 0 Å². The predicted molar refractivity (Wildman–Crippen MR) is 152 cm³/mol. The van der Waals surface area contributed by atoms with Crippen molar-refractivity contribution in [2.24, 2.45) is 0 Å². The Morgan fingerprint density at radius 2 is 1.63 bits per heavy atom. The van der Waals surface area contributed by atoms with Crippen molar-refractivity contribution in [2.45, 2.75) is 42.1 Å². The molecule has 1 aromatic heterocycles. The van der Waals surface area contributed by atoms with Crippen molar-refractivity contribution in [3.8, 4) is 0 Å². The van der Waals surface area contributed by atoms with Crippen molar-refractivity contribution < 1.29 is 53.7 Å². The van der Waals surface area contributed by atoms with Crippen molar-refractivity contribution in [3.63, 3.8) is 0 Å². The molecule has 0 saturated carbocycles. The zero-order valence-electron chi connectivity index (χ0n) is 21.3. The second-order valence-corrected chi connectivity index (χ2v) is 15.6. The number of carbonyl (C=O) groups is 1. The molecule has 2 aliphatic heterocycles. The average molecular weight is 878 g/mol. The van der Waals surface area contributed by atoms with Gasteiger partial charge in [-0.1, -0.05) is 51.3 Å². The maximum Gasteiger partial charge on any atom is 0.356 e. The molecule has 1 saturated heterocycles. The molecule has 0 bridgehead atoms. The van der Waals surface area contributed by atoms with Gasteiger partial charge < -0.3 is 14.9 Å². The van der Waals surface area contributed by atoms with E-state index in [1.165, 1.54) is 27.7 Å². The van der Waals surface area contributed by atoms with Crippen molar-refractivity contribution >= 4 is 74.3 Å². The fraction of sp³-hybridized carbons (Fsp3) is 0.333. The number of aromatic nitrogens is 2. The van der Waals surface area contributed by atoms with Crippen LogP contribution in [-0.4, -0.2) is 61.5 Å². The first-order valence-corrected chi connectivity index (χ1v) is 16.6. The molecule has 0 aliphatic carbocycles. The van der Waals surface area contributed by atoms with Crippen LogP contribution >= 0.6 is 46.7 Å². The molecule has 3 heterocycles. The Hall–Kier alpha value is -1.11. The molecule has 1 fully saturated rings. The third-order valence-corrected chi connectivity index (χ3v) is 11.7. The van der Waals surface area contributed by atoms with Crippen molar-refractivity contribution in [3.05, 3.63) is 68.7 Å². The van der Waals surface area contributed by atoms with Crippen LogP contribution in [0.3, 0.4) is 0 Å². The number of carbonyl (C=O) groups excluding carboxylic acids is 1. The summed E-state index contributed by atoms with van der Waals surface area (Å²) >= 11 is 15.8. The van der Waals surface area contributed by atoms with Crippen molar-refractivity contribution in [1.29, 1.82) is 0 Å². The van der Waals surface area contributed by atoms with Crippen LogP contribution in [-0.2, 0) is 52.4 Å². The quantitative estimate of drug-likeness (QED) is 0.312. The van der Waals surface area contributed by atoms with Gasteiger partial charge in [-0.2, -0.15) is 4.31 Å². The molecule has 1 atom stereocenters. The van der Waals surface area contributed by atoms with Gasteiger partial charge in [0.1, 0.15) is 5.54 Å². The number of benzene rings is 2. The number of piperidine rings is 1. The van der Waals surface area contributed by atoms with Gasteiger partial charge in [0.05, 0.1) is 11.9 Å². The van der Waals surface area contributed by atoms with E-state index in [4.69, 9.17) is 23.2 Å². The summed E-state index contributed by atoms with van der Waals surface area (Å²) in [4.78, 5) is 38.8. The summed E-state index contributed by atoms with van der Waals surface area (Å²) in [5.74, 6) is -0.409. The molecule has 2 aromatic carbocycles. The smallest absolute Gasteiger partial charge is 0.356 e. The molecule has 2 aliphatic rings. The molecule has 5 rings (SSSR count). The van der Waals surface area contributed by atoms with E-state index in [2.05, 4.69) is 20.9 Å². The number of hydrogen-bond acceptors (Lipinski definition) is 6. The fourth-order valence-corrected chi connectivity index (χ4v) is 8.31. The van der Waals surface area contributed by atoms with Gasteiger partial charge in [-0.05, 0) is 42.8 Å². The second kappa shape index (κ2) is 11.4. The maximum absolute atomic E-state index is 14.1. The summed E-state index contributed by atoms with van der Waals surface area (Å²) < 4.78 is 42.9. The zero-order chi connectivity index (χ0) is 29.3. The molecule has 1 amide bonds. The first-order chi connectivity index (χ1) is 18.6. The summed E-state index contributed by atoms with van der Waals surface area (Å²) in [6.45, 7) is 0.946. The number of imidazole rings is 1. The number of fused-ring (bicyclic) bond motifs is 1. The van der Waals surface area contributed by atoms with Gasteiger partial charge in [0.15, 0.2) is 10.4 Å². The minimum atomic E-state index is -4.89. The van der Waals surface area contributed by atoms with Gasteiger partial charge >= 0.3 is 7.60 Å². The number of nitrogens with zero attached hydrogens (tertiary/aromatic N) is 4. The number of rotatable bonds is 6. The molecule has 3 N–H and O–H groups in total. The Bertz CT molecular complexity index is 1640. The molecule has 0 unspecified atom stereocenters. The van der Waals surface area contributed by atoms with Crippen molar-refractivity contribution in [2.75, 3.05) is 18.0 Å². The molecule has 11 nitrogen and oxygen atoms in total. The Balaban J connectivity index is 0.00000387. The number of hydrogen-bond donors (Lipinski definition) is 3. The Labute approximate surface area is 269 Å². The number of aliphatic hydroxyl groups is 1. The summed E-state index contributed by atoms with van der Waals surface area (Å²) in [5.41, 5.74) is -0.376. The zero-order valence-corrected chi connectivity index (χ0v) is 29.1. The minimum absolute atomic E-state index is 0. The summed E-state index contributed by atoms with van der Waals surface area (Å²) in [6, 6.07) is 11.8. The van der Waals surface area contributed by atoms with E-state index in [1.807, 2.05) is 24.3 Å². The molecule has 17 heteroatoms. The largest absolute Gasteiger partial charge is 0.377 e. The molecule has 41 heavy (non-hydrogen) atoms. The first kappa shape index (κ1) is 32.8. The van der Waals surface area contributed by atoms with Crippen LogP contribution in [0.25, 0.3) is 0 Å². The van der Waals surface area contributed by atoms with Crippen molar-refractivity contribution in [1.82, 2.24) is 13.9 Å². The molecule has 3 aromatic rings. The van der Waals surface area contributed by atoms with E-state index >= 15 is 0 Å². The van der Waals surface area contributed by atoms with Crippen LogP contribution in [0.15, 0.2) is 58.2 Å². The molecular weight excluding hydrogens is 854 g/mol. The standard InChI is InChI=1S/C24H24BrCl2N4O7PS.W/c1-23(13-15-2-4-16(25)5-3-15)21(32)30(19-11-17(26)10-18(27)12-19)22-28-14-20(31(22)23)40(37,38)29-8-6-24(33,7-9-29)39(34,35)36;/h2-5,10-12,14,33H,6-9,13H2,1H3,(H2,34,35,36);/t23-;/m1./s1. The van der Waals surface area contributed by atoms with Gasteiger partial charge in [-0.25, -0.2) is 18.3 Å². The van der Waals surface area contributed by atoms with Gasteiger partial charge in [0, 0.05) is 67.9 Å². The first-order valence-electron chi connectivity index (χ1n) is 12.0. The van der Waals surface area contributed by atoms with Crippen LogP contribution < -0.4 is 4.90 Å². The van der Waals surface area contributed by atoms with Gasteiger partial charge in [0.2, 0.25) is 5.95 Å². The number of amides is 1. The average Bonchev–Trinajstić information content (AvgIpc) is 3.38. The third-order valence-electron chi connectivity index (χ3n) is 7.30.